The molecule has 2 aliphatic rings. The summed E-state index contributed by atoms with van der Waals surface area (Å²) >= 11 is 0. The molecule has 2 fully saturated rings. The van der Waals surface area contributed by atoms with Gasteiger partial charge in [-0.1, -0.05) is 60.7 Å². The van der Waals surface area contributed by atoms with Gasteiger partial charge in [0.05, 0.1) is 56.9 Å². The van der Waals surface area contributed by atoms with Crippen molar-refractivity contribution in [3.8, 4) is 11.8 Å². The van der Waals surface area contributed by atoms with Gasteiger partial charge >= 0.3 is 0 Å². The lowest BCUT2D eigenvalue weighted by Crippen LogP contribution is -2.22. The lowest BCUT2D eigenvalue weighted by Gasteiger charge is -2.16. The number of nitrogens with zero attached hydrogens (tertiary/aromatic N) is 2. The van der Waals surface area contributed by atoms with E-state index >= 15 is 0 Å². The van der Waals surface area contributed by atoms with Crippen molar-refractivity contribution in [2.45, 2.75) is 63.3 Å². The molecule has 0 unspecified atom stereocenters. The number of nitrogens with two attached hydrogens (primary N) is 1. The monoisotopic (exact) mass is 535 g/mol. The highest BCUT2D eigenvalue weighted by atomic mass is 16.6. The van der Waals surface area contributed by atoms with Gasteiger partial charge in [-0.2, -0.15) is 9.97 Å². The topological polar surface area (TPSA) is 107 Å². The van der Waals surface area contributed by atoms with Gasteiger partial charge in [-0.3, -0.25) is 0 Å². The van der Waals surface area contributed by atoms with Crippen molar-refractivity contribution in [1.29, 1.82) is 0 Å². The highest BCUT2D eigenvalue weighted by Gasteiger charge is 2.27. The summed E-state index contributed by atoms with van der Waals surface area (Å²) in [6.45, 7) is 3.04. The number of anilines is 1. The Balaban J connectivity index is 0.986. The van der Waals surface area contributed by atoms with Crippen molar-refractivity contribution in [3.63, 3.8) is 0 Å². The van der Waals surface area contributed by atoms with Gasteiger partial charge in [0.15, 0.2) is 0 Å². The lowest BCUT2D eigenvalue weighted by atomic mass is 10.2. The van der Waals surface area contributed by atoms with Gasteiger partial charge in [0.1, 0.15) is 13.2 Å². The molecule has 4 atom stereocenters. The Hall–Kier alpha value is -3.24. The third-order valence-electron chi connectivity index (χ3n) is 6.75. The van der Waals surface area contributed by atoms with Gasteiger partial charge < -0.3 is 34.2 Å². The van der Waals surface area contributed by atoms with Crippen molar-refractivity contribution in [2.75, 3.05) is 32.2 Å². The summed E-state index contributed by atoms with van der Waals surface area (Å²) in [6.07, 6.45) is 3.75. The Morgan fingerprint density at radius 2 is 1.03 bits per heavy atom. The van der Waals surface area contributed by atoms with E-state index in [1.807, 2.05) is 36.4 Å². The highest BCUT2D eigenvalue weighted by Crippen LogP contribution is 2.24. The van der Waals surface area contributed by atoms with Gasteiger partial charge in [0.2, 0.25) is 17.7 Å². The van der Waals surface area contributed by atoms with Crippen LogP contribution in [0.15, 0.2) is 66.7 Å². The normalized spacial score (nSPS) is 22.7. The van der Waals surface area contributed by atoms with Crippen molar-refractivity contribution < 1.29 is 28.4 Å². The van der Waals surface area contributed by atoms with Crippen LogP contribution in [0.1, 0.15) is 36.8 Å². The van der Waals surface area contributed by atoms with Crippen LogP contribution in [-0.4, -0.2) is 60.8 Å². The molecule has 5 rings (SSSR count). The van der Waals surface area contributed by atoms with Crippen LogP contribution in [0.3, 0.4) is 0 Å². The number of rotatable bonds is 14. The van der Waals surface area contributed by atoms with Crippen LogP contribution in [0.4, 0.5) is 5.95 Å². The van der Waals surface area contributed by atoms with Crippen LogP contribution in [0.5, 0.6) is 11.8 Å². The number of nitrogen functional groups attached to an aromatic ring is 1. The van der Waals surface area contributed by atoms with Crippen molar-refractivity contribution in [3.05, 3.63) is 77.9 Å². The molecule has 2 N–H and O–H groups in total. The van der Waals surface area contributed by atoms with Gasteiger partial charge in [-0.25, -0.2) is 0 Å². The van der Waals surface area contributed by atoms with E-state index in [9.17, 15) is 0 Å². The molecule has 2 aromatic carbocycles. The van der Waals surface area contributed by atoms with E-state index in [2.05, 4.69) is 34.2 Å². The first kappa shape index (κ1) is 27.3. The fraction of sp³-hybridized carbons (Fsp3) is 0.467. The molecule has 39 heavy (non-hydrogen) atoms. The first-order valence-corrected chi connectivity index (χ1v) is 13.6. The second kappa shape index (κ2) is 14.2. The van der Waals surface area contributed by atoms with Crippen molar-refractivity contribution >= 4 is 5.95 Å². The summed E-state index contributed by atoms with van der Waals surface area (Å²) in [5.74, 6) is 0.829. The maximum Gasteiger partial charge on any atom is 0.226 e. The SMILES string of the molecule is Nc1nc(OC[C@H]2CC[C@@H](COCc3ccccc3)O2)cc(OC[C@@H]2CC[C@H](COCc3ccccc3)O2)n1. The third-order valence-corrected chi connectivity index (χ3v) is 6.75. The summed E-state index contributed by atoms with van der Waals surface area (Å²) in [4.78, 5) is 8.37. The van der Waals surface area contributed by atoms with E-state index in [0.29, 0.717) is 51.4 Å². The summed E-state index contributed by atoms with van der Waals surface area (Å²) in [6, 6.07) is 21.9. The Kier molecular flexibility index (Phi) is 9.97. The minimum absolute atomic E-state index is 0.0242. The highest BCUT2D eigenvalue weighted by molar-refractivity contribution is 5.29. The Morgan fingerprint density at radius 3 is 1.46 bits per heavy atom. The number of ether oxygens (including phenoxy) is 6. The summed E-state index contributed by atoms with van der Waals surface area (Å²) in [7, 11) is 0. The molecule has 208 valence electrons. The zero-order valence-corrected chi connectivity index (χ0v) is 22.2. The predicted molar refractivity (Wildman–Crippen MR) is 145 cm³/mol. The fourth-order valence-corrected chi connectivity index (χ4v) is 4.74. The Morgan fingerprint density at radius 1 is 0.615 bits per heavy atom. The maximum absolute atomic E-state index is 6.08. The molecule has 0 spiro atoms. The molecule has 2 saturated heterocycles. The first-order chi connectivity index (χ1) is 19.2. The van der Waals surface area contributed by atoms with E-state index in [0.717, 1.165) is 36.8 Å². The quantitative estimate of drug-likeness (QED) is 0.322. The molecule has 1 aromatic heterocycles. The molecule has 0 saturated carbocycles. The molecule has 0 bridgehead atoms. The predicted octanol–water partition coefficient (Wildman–Crippen LogP) is 4.35. The van der Waals surface area contributed by atoms with Crippen LogP contribution in [0, 0.1) is 0 Å². The lowest BCUT2D eigenvalue weighted by molar-refractivity contribution is -0.0331. The minimum atomic E-state index is -0.0242. The van der Waals surface area contributed by atoms with Gasteiger partial charge in [-0.15, -0.1) is 0 Å². The third kappa shape index (κ3) is 8.90. The van der Waals surface area contributed by atoms with E-state index < -0.39 is 0 Å². The standard InChI is InChI=1S/C30H37N3O6/c31-30-32-28(36-20-26-13-11-24(38-26)18-34-16-22-7-3-1-4-8-22)15-29(33-30)37-21-27-14-12-25(39-27)19-35-17-23-9-5-2-6-10-23/h1-10,15,24-27H,11-14,16-21H2,(H2,31,32,33)/t24-,25+,26+,27-. The second-order valence-electron chi connectivity index (χ2n) is 9.94. The molecule has 9 nitrogen and oxygen atoms in total. The molecule has 0 amide bonds. The van der Waals surface area contributed by atoms with Gasteiger partial charge in [0.25, 0.3) is 0 Å². The van der Waals surface area contributed by atoms with Crippen LogP contribution in [-0.2, 0) is 32.2 Å². The molecule has 9 heteroatoms. The van der Waals surface area contributed by atoms with E-state index in [1.54, 1.807) is 6.07 Å². The Bertz CT molecular complexity index is 1050. The Labute approximate surface area is 229 Å². The molecular weight excluding hydrogens is 498 g/mol. The minimum Gasteiger partial charge on any atom is -0.475 e. The van der Waals surface area contributed by atoms with E-state index in [-0.39, 0.29) is 30.4 Å². The largest absolute Gasteiger partial charge is 0.475 e. The number of hydrogen-bond acceptors (Lipinski definition) is 9. The second-order valence-corrected chi connectivity index (χ2v) is 9.94. The summed E-state index contributed by atoms with van der Waals surface area (Å²) in [5, 5.41) is 0. The smallest absolute Gasteiger partial charge is 0.226 e. The number of aromatic nitrogens is 2. The number of benzene rings is 2. The fourth-order valence-electron chi connectivity index (χ4n) is 4.74. The maximum atomic E-state index is 6.08. The van der Waals surface area contributed by atoms with Crippen LogP contribution >= 0.6 is 0 Å². The number of hydrogen-bond donors (Lipinski definition) is 1. The molecule has 0 radical (unpaired) electrons. The molecule has 3 aromatic rings. The zero-order chi connectivity index (χ0) is 26.7. The van der Waals surface area contributed by atoms with Gasteiger partial charge in [0, 0.05) is 0 Å². The van der Waals surface area contributed by atoms with E-state index in [1.165, 1.54) is 0 Å². The first-order valence-electron chi connectivity index (χ1n) is 13.6. The van der Waals surface area contributed by atoms with Gasteiger partial charge in [-0.05, 0) is 36.8 Å². The molecule has 3 heterocycles. The van der Waals surface area contributed by atoms with Crippen molar-refractivity contribution in [2.24, 2.45) is 0 Å². The van der Waals surface area contributed by atoms with Crippen LogP contribution in [0.2, 0.25) is 0 Å². The zero-order valence-electron chi connectivity index (χ0n) is 22.2. The van der Waals surface area contributed by atoms with E-state index in [4.69, 9.17) is 34.2 Å². The van der Waals surface area contributed by atoms with Crippen molar-refractivity contribution in [1.82, 2.24) is 9.97 Å². The molecule has 2 aliphatic heterocycles. The summed E-state index contributed by atoms with van der Waals surface area (Å²) < 4.78 is 35.6. The van der Waals surface area contributed by atoms with Crippen LogP contribution < -0.4 is 15.2 Å². The molecular formula is C30H37N3O6. The average molecular weight is 536 g/mol. The summed E-state index contributed by atoms with van der Waals surface area (Å²) in [5.41, 5.74) is 8.21. The average Bonchev–Trinajstić information content (AvgIpc) is 3.61. The molecule has 0 aliphatic carbocycles. The van der Waals surface area contributed by atoms with Crippen LogP contribution in [0.25, 0.3) is 0 Å².